The fraction of sp³-hybridized carbons (Fsp3) is 0.500. The predicted octanol–water partition coefficient (Wildman–Crippen LogP) is -1.15. The molecule has 0 aliphatic heterocycles. The number of amides is 3. The van der Waals surface area contributed by atoms with E-state index in [0.29, 0.717) is 0 Å². The molecular formula is C10H15N3O4. The average molecular weight is 241 g/mol. The van der Waals surface area contributed by atoms with E-state index in [4.69, 9.17) is 11.5 Å². The van der Waals surface area contributed by atoms with Crippen molar-refractivity contribution in [3.8, 4) is 12.3 Å². The van der Waals surface area contributed by atoms with E-state index in [2.05, 4.69) is 16.6 Å². The molecule has 0 saturated carbocycles. The predicted molar refractivity (Wildman–Crippen MR) is 60.1 cm³/mol. The molecule has 0 aromatic carbocycles. The zero-order valence-electron chi connectivity index (χ0n) is 9.69. The van der Waals surface area contributed by atoms with Crippen molar-refractivity contribution in [2.45, 2.75) is 12.5 Å². The van der Waals surface area contributed by atoms with Gasteiger partial charge in [-0.15, -0.1) is 12.3 Å². The minimum atomic E-state index is -1.22. The number of terminal acetylenes is 1. The zero-order valence-corrected chi connectivity index (χ0v) is 9.69. The first-order valence-corrected chi connectivity index (χ1v) is 4.80. The maximum Gasteiger partial charge on any atom is 0.327 e. The van der Waals surface area contributed by atoms with Gasteiger partial charge in [-0.05, 0) is 0 Å². The van der Waals surface area contributed by atoms with E-state index in [1.165, 1.54) is 14.1 Å². The molecule has 1 atom stereocenters. The van der Waals surface area contributed by atoms with E-state index in [9.17, 15) is 14.4 Å². The van der Waals surface area contributed by atoms with Crippen LogP contribution >= 0.6 is 0 Å². The SMILES string of the molecule is C#CCC(NC(=O)N(C)CC(=O)NC)C(=O)O. The number of hydrogen-bond donors (Lipinski definition) is 3. The number of carbonyl (C=O) groups excluding carboxylic acids is 2. The maximum absolute atomic E-state index is 11.5. The lowest BCUT2D eigenvalue weighted by Crippen LogP contribution is -2.48. The largest absolute Gasteiger partial charge is 0.480 e. The third kappa shape index (κ3) is 5.41. The van der Waals surface area contributed by atoms with Crippen LogP contribution in [-0.2, 0) is 9.59 Å². The van der Waals surface area contributed by atoms with E-state index in [1.54, 1.807) is 0 Å². The highest BCUT2D eigenvalue weighted by Gasteiger charge is 2.21. The number of hydrogen-bond acceptors (Lipinski definition) is 3. The molecule has 3 amide bonds. The van der Waals surface area contributed by atoms with Crippen LogP contribution in [0, 0.1) is 12.3 Å². The molecule has 17 heavy (non-hydrogen) atoms. The van der Waals surface area contributed by atoms with Crippen LogP contribution in [0.5, 0.6) is 0 Å². The molecule has 0 aliphatic carbocycles. The van der Waals surface area contributed by atoms with Crippen molar-refractivity contribution in [3.63, 3.8) is 0 Å². The Hall–Kier alpha value is -2.23. The number of carboxylic acids is 1. The number of nitrogens with one attached hydrogen (secondary N) is 2. The summed E-state index contributed by atoms with van der Waals surface area (Å²) in [4.78, 5) is 34.3. The van der Waals surface area contributed by atoms with Gasteiger partial charge in [0.05, 0.1) is 0 Å². The lowest BCUT2D eigenvalue weighted by Gasteiger charge is -2.19. The zero-order chi connectivity index (χ0) is 13.4. The average Bonchev–Trinajstić information content (AvgIpc) is 2.27. The number of carboxylic acid groups (broad SMARTS) is 1. The first kappa shape index (κ1) is 14.8. The number of carbonyl (C=O) groups is 3. The van der Waals surface area contributed by atoms with Gasteiger partial charge in [0.15, 0.2) is 0 Å². The standard InChI is InChI=1S/C10H15N3O4/c1-4-5-7(9(15)16)12-10(17)13(3)6-8(14)11-2/h1,7H,5-6H2,2-3H3,(H,11,14)(H,12,17)(H,15,16). The number of nitrogens with zero attached hydrogens (tertiary/aromatic N) is 1. The Morgan fingerprint density at radius 3 is 2.47 bits per heavy atom. The second-order valence-corrected chi connectivity index (χ2v) is 3.28. The minimum absolute atomic E-state index is 0.116. The van der Waals surface area contributed by atoms with Crippen molar-refractivity contribution in [1.29, 1.82) is 0 Å². The minimum Gasteiger partial charge on any atom is -0.480 e. The van der Waals surface area contributed by atoms with E-state index in [1.807, 2.05) is 0 Å². The monoisotopic (exact) mass is 241 g/mol. The van der Waals surface area contributed by atoms with Gasteiger partial charge in [-0.2, -0.15) is 0 Å². The van der Waals surface area contributed by atoms with E-state index < -0.39 is 18.0 Å². The summed E-state index contributed by atoms with van der Waals surface area (Å²) in [5.74, 6) is 0.579. The van der Waals surface area contributed by atoms with E-state index >= 15 is 0 Å². The Morgan fingerprint density at radius 2 is 2.06 bits per heavy atom. The molecule has 7 heteroatoms. The molecule has 94 valence electrons. The molecule has 3 N–H and O–H groups in total. The maximum atomic E-state index is 11.5. The number of aliphatic carboxylic acids is 1. The van der Waals surface area contributed by atoms with Crippen LogP contribution in [0.25, 0.3) is 0 Å². The lowest BCUT2D eigenvalue weighted by atomic mass is 10.2. The van der Waals surface area contributed by atoms with Gasteiger partial charge in [0.25, 0.3) is 0 Å². The summed E-state index contributed by atoms with van der Waals surface area (Å²) in [7, 11) is 2.81. The highest BCUT2D eigenvalue weighted by Crippen LogP contribution is 1.93. The third-order valence-electron chi connectivity index (χ3n) is 1.92. The van der Waals surface area contributed by atoms with Gasteiger partial charge in [-0.25, -0.2) is 9.59 Å². The molecule has 0 fully saturated rings. The smallest absolute Gasteiger partial charge is 0.327 e. The molecular weight excluding hydrogens is 226 g/mol. The van der Waals surface area contributed by atoms with Gasteiger partial charge >= 0.3 is 12.0 Å². The second-order valence-electron chi connectivity index (χ2n) is 3.28. The van der Waals surface area contributed by atoms with Gasteiger partial charge in [-0.3, -0.25) is 4.79 Å². The summed E-state index contributed by atoms with van der Waals surface area (Å²) in [6, 6.07) is -1.82. The lowest BCUT2D eigenvalue weighted by molar-refractivity contribution is -0.139. The van der Waals surface area contributed by atoms with Gasteiger partial charge in [0.1, 0.15) is 12.6 Å². The molecule has 0 rings (SSSR count). The highest BCUT2D eigenvalue weighted by molar-refractivity contribution is 5.86. The molecule has 0 aromatic rings. The van der Waals surface area contributed by atoms with E-state index in [0.717, 1.165) is 4.90 Å². The van der Waals surface area contributed by atoms with Crippen molar-refractivity contribution >= 4 is 17.9 Å². The van der Waals surface area contributed by atoms with Crippen LogP contribution in [0.15, 0.2) is 0 Å². The molecule has 0 aliphatic rings. The summed E-state index contributed by atoms with van der Waals surface area (Å²) < 4.78 is 0. The van der Waals surface area contributed by atoms with Crippen molar-refractivity contribution < 1.29 is 19.5 Å². The normalized spacial score (nSPS) is 10.9. The van der Waals surface area contributed by atoms with Crippen LogP contribution in [0.2, 0.25) is 0 Å². The van der Waals surface area contributed by atoms with Crippen molar-refractivity contribution in [1.82, 2.24) is 15.5 Å². The molecule has 0 saturated heterocycles. The second kappa shape index (κ2) is 7.11. The fourth-order valence-corrected chi connectivity index (χ4v) is 0.943. The van der Waals surface area contributed by atoms with Crippen LogP contribution in [0.4, 0.5) is 4.79 Å². The van der Waals surface area contributed by atoms with Gasteiger partial charge in [0.2, 0.25) is 5.91 Å². The number of rotatable bonds is 5. The molecule has 0 heterocycles. The first-order valence-electron chi connectivity index (χ1n) is 4.80. The Morgan fingerprint density at radius 1 is 1.47 bits per heavy atom. The summed E-state index contributed by atoms with van der Waals surface area (Å²) in [5.41, 5.74) is 0. The highest BCUT2D eigenvalue weighted by atomic mass is 16.4. The van der Waals surface area contributed by atoms with Gasteiger partial charge < -0.3 is 20.6 Å². The molecule has 0 radical (unpaired) electrons. The first-order chi connectivity index (χ1) is 7.92. The number of likely N-dealkylation sites (N-methyl/N-ethyl adjacent to an activating group) is 2. The Balaban J connectivity index is 4.36. The summed E-state index contributed by atoms with van der Waals surface area (Å²) in [6.07, 6.45) is 4.86. The Bertz CT molecular complexity index is 348. The topological polar surface area (TPSA) is 98.7 Å². The molecule has 0 spiro atoms. The Labute approximate surface area is 99.2 Å². The summed E-state index contributed by atoms with van der Waals surface area (Å²) in [5, 5.41) is 13.3. The molecule has 7 nitrogen and oxygen atoms in total. The molecule has 1 unspecified atom stereocenters. The molecule has 0 aromatic heterocycles. The van der Waals surface area contributed by atoms with Gasteiger partial charge in [0, 0.05) is 20.5 Å². The van der Waals surface area contributed by atoms with Crippen LogP contribution in [-0.4, -0.2) is 54.6 Å². The summed E-state index contributed by atoms with van der Waals surface area (Å²) >= 11 is 0. The van der Waals surface area contributed by atoms with Crippen molar-refractivity contribution in [2.24, 2.45) is 0 Å². The summed E-state index contributed by atoms with van der Waals surface area (Å²) in [6.45, 7) is -0.162. The fourth-order valence-electron chi connectivity index (χ4n) is 0.943. The van der Waals surface area contributed by atoms with E-state index in [-0.39, 0.29) is 18.9 Å². The quantitative estimate of drug-likeness (QED) is 0.529. The number of urea groups is 1. The van der Waals surface area contributed by atoms with Crippen LogP contribution in [0.3, 0.4) is 0 Å². The van der Waals surface area contributed by atoms with Crippen molar-refractivity contribution in [3.05, 3.63) is 0 Å². The van der Waals surface area contributed by atoms with Crippen LogP contribution < -0.4 is 10.6 Å². The third-order valence-corrected chi connectivity index (χ3v) is 1.92. The molecule has 0 bridgehead atoms. The van der Waals surface area contributed by atoms with Gasteiger partial charge in [-0.1, -0.05) is 0 Å². The van der Waals surface area contributed by atoms with Crippen LogP contribution in [0.1, 0.15) is 6.42 Å². The van der Waals surface area contributed by atoms with Crippen molar-refractivity contribution in [2.75, 3.05) is 20.6 Å². The Kier molecular flexibility index (Phi) is 6.18.